The Labute approximate surface area is 106 Å². The van der Waals surface area contributed by atoms with Crippen molar-refractivity contribution in [2.75, 3.05) is 25.1 Å². The minimum Gasteiger partial charge on any atom is -0.486 e. The van der Waals surface area contributed by atoms with E-state index in [2.05, 4.69) is 5.32 Å². The van der Waals surface area contributed by atoms with E-state index in [1.807, 2.05) is 0 Å². The molecule has 0 spiro atoms. The van der Waals surface area contributed by atoms with Crippen LogP contribution in [0.4, 0.5) is 23.7 Å². The molecule has 0 aromatic heterocycles. The van der Waals surface area contributed by atoms with E-state index in [-0.39, 0.29) is 0 Å². The Kier molecular flexibility index (Phi) is 3.68. The van der Waals surface area contributed by atoms with Crippen molar-refractivity contribution in [1.29, 1.82) is 0 Å². The summed E-state index contributed by atoms with van der Waals surface area (Å²) in [5.74, 6) is 0.979. The summed E-state index contributed by atoms with van der Waals surface area (Å²) in [6.45, 7) is -0.564. The maximum atomic E-state index is 11.9. The summed E-state index contributed by atoms with van der Waals surface area (Å²) in [5.41, 5.74) is 0.323. The lowest BCUT2D eigenvalue weighted by Gasteiger charge is -2.19. The number of rotatable bonds is 2. The van der Waals surface area contributed by atoms with Crippen LogP contribution in [0, 0.1) is 0 Å². The molecule has 8 heteroatoms. The van der Waals surface area contributed by atoms with Gasteiger partial charge < -0.3 is 20.1 Å². The molecule has 19 heavy (non-hydrogen) atoms. The van der Waals surface area contributed by atoms with Crippen LogP contribution < -0.4 is 20.1 Å². The normalized spacial score (nSPS) is 13.8. The minimum atomic E-state index is -4.44. The lowest BCUT2D eigenvalue weighted by molar-refractivity contribution is -0.122. The fourth-order valence-corrected chi connectivity index (χ4v) is 1.48. The van der Waals surface area contributed by atoms with Crippen LogP contribution in [0.3, 0.4) is 0 Å². The number of amides is 2. The van der Waals surface area contributed by atoms with Gasteiger partial charge in [0.25, 0.3) is 0 Å². The van der Waals surface area contributed by atoms with Crippen molar-refractivity contribution < 1.29 is 27.4 Å². The lowest BCUT2D eigenvalue weighted by Crippen LogP contribution is -2.36. The Bertz CT molecular complexity index is 477. The van der Waals surface area contributed by atoms with Gasteiger partial charge >= 0.3 is 12.2 Å². The molecule has 1 aromatic rings. The van der Waals surface area contributed by atoms with E-state index in [0.29, 0.717) is 30.4 Å². The number of hydrogen-bond acceptors (Lipinski definition) is 3. The molecule has 1 aliphatic rings. The van der Waals surface area contributed by atoms with Crippen LogP contribution in [-0.2, 0) is 0 Å². The number of benzene rings is 1. The number of carbonyl (C=O) groups excluding carboxylic acids is 1. The van der Waals surface area contributed by atoms with Gasteiger partial charge in [0.1, 0.15) is 19.8 Å². The average Bonchev–Trinajstić information content (AvgIpc) is 2.35. The highest BCUT2D eigenvalue weighted by Crippen LogP contribution is 2.32. The van der Waals surface area contributed by atoms with Gasteiger partial charge in [0.15, 0.2) is 11.5 Å². The van der Waals surface area contributed by atoms with E-state index in [9.17, 15) is 18.0 Å². The highest BCUT2D eigenvalue weighted by Gasteiger charge is 2.27. The van der Waals surface area contributed by atoms with Crippen LogP contribution in [0.1, 0.15) is 0 Å². The molecule has 104 valence electrons. The topological polar surface area (TPSA) is 59.6 Å². The van der Waals surface area contributed by atoms with Crippen molar-refractivity contribution in [1.82, 2.24) is 5.32 Å². The number of anilines is 1. The van der Waals surface area contributed by atoms with Crippen LogP contribution in [0.15, 0.2) is 18.2 Å². The summed E-state index contributed by atoms with van der Waals surface area (Å²) < 4.78 is 46.3. The molecule has 0 saturated heterocycles. The third-order valence-electron chi connectivity index (χ3n) is 2.25. The first kappa shape index (κ1) is 13.3. The van der Waals surface area contributed by atoms with Gasteiger partial charge in [-0.3, -0.25) is 0 Å². The number of carbonyl (C=O) groups is 1. The molecular formula is C11H11F3N2O3. The van der Waals surface area contributed by atoms with E-state index >= 15 is 0 Å². The monoisotopic (exact) mass is 276 g/mol. The molecule has 0 bridgehead atoms. The number of fused-ring (bicyclic) bond motifs is 1. The maximum absolute atomic E-state index is 11.9. The quantitative estimate of drug-likeness (QED) is 0.870. The fourth-order valence-electron chi connectivity index (χ4n) is 1.48. The van der Waals surface area contributed by atoms with Crippen LogP contribution in [-0.4, -0.2) is 32.0 Å². The van der Waals surface area contributed by atoms with Crippen molar-refractivity contribution in [2.24, 2.45) is 0 Å². The first-order valence-electron chi connectivity index (χ1n) is 5.45. The van der Waals surface area contributed by atoms with Crippen molar-refractivity contribution in [3.63, 3.8) is 0 Å². The van der Waals surface area contributed by atoms with Crippen molar-refractivity contribution in [2.45, 2.75) is 6.18 Å². The summed E-state index contributed by atoms with van der Waals surface area (Å²) in [6, 6.07) is 3.64. The van der Waals surface area contributed by atoms with Crippen LogP contribution in [0.5, 0.6) is 11.5 Å². The number of ether oxygens (including phenoxy) is 2. The molecule has 0 atom stereocenters. The third-order valence-corrected chi connectivity index (χ3v) is 2.25. The average molecular weight is 276 g/mol. The first-order chi connectivity index (χ1) is 8.94. The van der Waals surface area contributed by atoms with Crippen LogP contribution in [0.2, 0.25) is 0 Å². The van der Waals surface area contributed by atoms with E-state index in [1.165, 1.54) is 12.1 Å². The van der Waals surface area contributed by atoms with Gasteiger partial charge in [-0.15, -0.1) is 0 Å². The van der Waals surface area contributed by atoms with E-state index in [1.54, 1.807) is 11.4 Å². The van der Waals surface area contributed by atoms with Gasteiger partial charge in [-0.2, -0.15) is 13.2 Å². The van der Waals surface area contributed by atoms with E-state index < -0.39 is 18.8 Å². The zero-order valence-electron chi connectivity index (χ0n) is 9.71. The minimum absolute atomic E-state index is 0.323. The molecule has 2 N–H and O–H groups in total. The molecule has 0 radical (unpaired) electrons. The fraction of sp³-hybridized carbons (Fsp3) is 0.364. The second-order valence-electron chi connectivity index (χ2n) is 3.78. The summed E-state index contributed by atoms with van der Waals surface area (Å²) in [6.07, 6.45) is -4.44. The molecule has 0 saturated carbocycles. The zero-order chi connectivity index (χ0) is 13.9. The first-order valence-corrected chi connectivity index (χ1v) is 5.45. The van der Waals surface area contributed by atoms with Gasteiger partial charge in [-0.25, -0.2) is 4.79 Å². The zero-order valence-corrected chi connectivity index (χ0v) is 9.71. The molecular weight excluding hydrogens is 265 g/mol. The highest BCUT2D eigenvalue weighted by atomic mass is 19.4. The Morgan fingerprint density at radius 1 is 1.21 bits per heavy atom. The van der Waals surface area contributed by atoms with Gasteiger partial charge in [-0.1, -0.05) is 0 Å². The second kappa shape index (κ2) is 5.25. The van der Waals surface area contributed by atoms with E-state index in [0.717, 1.165) is 0 Å². The van der Waals surface area contributed by atoms with Gasteiger partial charge in [0.2, 0.25) is 0 Å². The Morgan fingerprint density at radius 3 is 2.58 bits per heavy atom. The largest absolute Gasteiger partial charge is 0.486 e. The SMILES string of the molecule is O=C(NCC(F)(F)F)Nc1ccc2c(c1)OCCO2. The van der Waals surface area contributed by atoms with Crippen molar-refractivity contribution >= 4 is 11.7 Å². The molecule has 0 fully saturated rings. The number of hydrogen-bond donors (Lipinski definition) is 2. The Morgan fingerprint density at radius 2 is 1.89 bits per heavy atom. The number of halogens is 3. The molecule has 1 heterocycles. The molecule has 0 unspecified atom stereocenters. The highest BCUT2D eigenvalue weighted by molar-refractivity contribution is 5.89. The summed E-state index contributed by atoms with van der Waals surface area (Å²) in [4.78, 5) is 11.2. The van der Waals surface area contributed by atoms with Crippen molar-refractivity contribution in [3.05, 3.63) is 18.2 Å². The van der Waals surface area contributed by atoms with E-state index in [4.69, 9.17) is 9.47 Å². The van der Waals surface area contributed by atoms with Gasteiger partial charge in [-0.05, 0) is 12.1 Å². The summed E-state index contributed by atoms with van der Waals surface area (Å²) in [5, 5.41) is 3.98. The van der Waals surface area contributed by atoms with Gasteiger partial charge in [0.05, 0.1) is 0 Å². The molecule has 1 aromatic carbocycles. The number of nitrogens with one attached hydrogen (secondary N) is 2. The number of alkyl halides is 3. The van der Waals surface area contributed by atoms with Crippen LogP contribution >= 0.6 is 0 Å². The summed E-state index contributed by atoms with van der Waals surface area (Å²) in [7, 11) is 0. The van der Waals surface area contributed by atoms with Crippen LogP contribution in [0.25, 0.3) is 0 Å². The molecule has 2 rings (SSSR count). The Hall–Kier alpha value is -2.12. The molecule has 1 aliphatic heterocycles. The lowest BCUT2D eigenvalue weighted by atomic mass is 10.2. The maximum Gasteiger partial charge on any atom is 0.405 e. The third kappa shape index (κ3) is 3.94. The van der Waals surface area contributed by atoms with Gasteiger partial charge in [0, 0.05) is 11.8 Å². The Balaban J connectivity index is 1.94. The summed E-state index contributed by atoms with van der Waals surface area (Å²) >= 11 is 0. The van der Waals surface area contributed by atoms with Crippen molar-refractivity contribution in [3.8, 4) is 11.5 Å². The second-order valence-corrected chi connectivity index (χ2v) is 3.78. The smallest absolute Gasteiger partial charge is 0.405 e. The predicted octanol–water partition coefficient (Wildman–Crippen LogP) is 2.14. The number of urea groups is 1. The standard InChI is InChI=1S/C11H11F3N2O3/c12-11(13,14)6-15-10(17)16-7-1-2-8-9(5-7)19-4-3-18-8/h1-2,5H,3-4,6H2,(H2,15,16,17). The molecule has 0 aliphatic carbocycles. The predicted molar refractivity (Wildman–Crippen MR) is 60.5 cm³/mol. The molecule has 5 nitrogen and oxygen atoms in total. The molecule has 2 amide bonds.